The van der Waals surface area contributed by atoms with Crippen molar-refractivity contribution in [3.63, 3.8) is 0 Å². The van der Waals surface area contributed by atoms with E-state index >= 15 is 0 Å². The third kappa shape index (κ3) is 5.99. The van der Waals surface area contributed by atoms with Crippen molar-refractivity contribution < 1.29 is 22.4 Å². The van der Waals surface area contributed by atoms with Gasteiger partial charge < -0.3 is 5.32 Å². The maximum Gasteiger partial charge on any atom is 0.261 e. The number of ketones is 1. The molecule has 2 N–H and O–H groups in total. The Bertz CT molecular complexity index is 1170. The number of rotatable bonds is 8. The molecule has 0 bridgehead atoms. The second-order valence-electron chi connectivity index (χ2n) is 6.90. The van der Waals surface area contributed by atoms with E-state index in [1.807, 2.05) is 0 Å². The van der Waals surface area contributed by atoms with Crippen molar-refractivity contribution in [3.05, 3.63) is 95.3 Å². The summed E-state index contributed by atoms with van der Waals surface area (Å²) in [5, 5.41) is 2.77. The molecule has 0 aliphatic heterocycles. The summed E-state index contributed by atoms with van der Waals surface area (Å²) in [5.41, 5.74) is 2.02. The zero-order chi connectivity index (χ0) is 22.4. The van der Waals surface area contributed by atoms with Crippen molar-refractivity contribution in [2.75, 3.05) is 11.3 Å². The molecule has 0 aliphatic carbocycles. The van der Waals surface area contributed by atoms with E-state index in [-0.39, 0.29) is 22.4 Å². The van der Waals surface area contributed by atoms with Crippen LogP contribution in [0.25, 0.3) is 0 Å². The molecule has 0 fully saturated rings. The van der Waals surface area contributed by atoms with Gasteiger partial charge in [-0.05, 0) is 67.4 Å². The third-order valence-corrected chi connectivity index (χ3v) is 5.98. The fraction of sp³-hybridized carbons (Fsp3) is 0.130. The number of halogens is 1. The number of carbonyl (C=O) groups is 2. The number of nitrogens with one attached hydrogen (secondary N) is 2. The molecule has 3 aromatic rings. The summed E-state index contributed by atoms with van der Waals surface area (Å²) in [7, 11) is -3.83. The molecular weight excluding hydrogens is 419 g/mol. The average Bonchev–Trinajstić information content (AvgIpc) is 2.75. The molecule has 0 saturated carbocycles. The predicted octanol–water partition coefficient (Wildman–Crippen LogP) is 3.80. The highest BCUT2D eigenvalue weighted by Crippen LogP contribution is 2.17. The minimum Gasteiger partial charge on any atom is -0.352 e. The SMILES string of the molecule is CC(=O)c1ccc(S(=O)(=O)Nc2ccc(C(=O)NCCc3ccc(F)cc3)cc2)cc1. The van der Waals surface area contributed by atoms with Gasteiger partial charge >= 0.3 is 0 Å². The summed E-state index contributed by atoms with van der Waals surface area (Å²) in [4.78, 5) is 23.6. The van der Waals surface area contributed by atoms with Crippen LogP contribution in [0.1, 0.15) is 33.2 Å². The van der Waals surface area contributed by atoms with Crippen LogP contribution in [0, 0.1) is 5.82 Å². The lowest BCUT2D eigenvalue weighted by Crippen LogP contribution is -2.25. The molecule has 31 heavy (non-hydrogen) atoms. The topological polar surface area (TPSA) is 92.3 Å². The van der Waals surface area contributed by atoms with E-state index in [0.717, 1.165) is 5.56 Å². The number of amides is 1. The van der Waals surface area contributed by atoms with Crippen molar-refractivity contribution in [1.29, 1.82) is 0 Å². The number of hydrogen-bond acceptors (Lipinski definition) is 4. The third-order valence-electron chi connectivity index (χ3n) is 4.58. The Morgan fingerprint density at radius 1 is 0.839 bits per heavy atom. The van der Waals surface area contributed by atoms with E-state index in [0.29, 0.717) is 29.8 Å². The molecule has 8 heteroatoms. The Morgan fingerprint density at radius 3 is 2.00 bits per heavy atom. The van der Waals surface area contributed by atoms with E-state index < -0.39 is 10.0 Å². The molecule has 0 radical (unpaired) electrons. The number of carbonyl (C=O) groups excluding carboxylic acids is 2. The van der Waals surface area contributed by atoms with Gasteiger partial charge in [-0.3, -0.25) is 14.3 Å². The first kappa shape index (κ1) is 22.2. The van der Waals surface area contributed by atoms with E-state index in [4.69, 9.17) is 0 Å². The van der Waals surface area contributed by atoms with Gasteiger partial charge in [0.25, 0.3) is 15.9 Å². The van der Waals surface area contributed by atoms with Crippen LogP contribution >= 0.6 is 0 Å². The van der Waals surface area contributed by atoms with Gasteiger partial charge in [0.15, 0.2) is 5.78 Å². The van der Waals surface area contributed by atoms with Crippen LogP contribution in [0.4, 0.5) is 10.1 Å². The van der Waals surface area contributed by atoms with Crippen molar-refractivity contribution in [3.8, 4) is 0 Å². The highest BCUT2D eigenvalue weighted by Gasteiger charge is 2.15. The quantitative estimate of drug-likeness (QED) is 0.521. The molecular formula is C23H21FN2O4S. The van der Waals surface area contributed by atoms with Crippen LogP contribution in [-0.2, 0) is 16.4 Å². The normalized spacial score (nSPS) is 11.0. The zero-order valence-corrected chi connectivity index (χ0v) is 17.6. The molecule has 0 spiro atoms. The zero-order valence-electron chi connectivity index (χ0n) is 16.8. The van der Waals surface area contributed by atoms with Gasteiger partial charge in [-0.25, -0.2) is 12.8 Å². The molecule has 160 valence electrons. The minimum atomic E-state index is -3.83. The Hall–Kier alpha value is -3.52. The lowest BCUT2D eigenvalue weighted by molar-refractivity contribution is 0.0953. The van der Waals surface area contributed by atoms with Crippen molar-refractivity contribution >= 4 is 27.4 Å². The van der Waals surface area contributed by atoms with Crippen LogP contribution in [0.15, 0.2) is 77.7 Å². The molecule has 1 amide bonds. The predicted molar refractivity (Wildman–Crippen MR) is 116 cm³/mol. The smallest absolute Gasteiger partial charge is 0.261 e. The Kier molecular flexibility index (Phi) is 6.81. The molecule has 0 unspecified atom stereocenters. The summed E-state index contributed by atoms with van der Waals surface area (Å²) in [6.45, 7) is 1.79. The first-order chi connectivity index (χ1) is 14.7. The molecule has 3 rings (SSSR count). The van der Waals surface area contributed by atoms with Gasteiger partial charge in [-0.2, -0.15) is 0 Å². The Balaban J connectivity index is 1.58. The van der Waals surface area contributed by atoms with Crippen LogP contribution < -0.4 is 10.0 Å². The molecule has 0 heterocycles. The fourth-order valence-corrected chi connectivity index (χ4v) is 3.90. The molecule has 0 saturated heterocycles. The standard InChI is InChI=1S/C23H21FN2O4S/c1-16(27)18-6-12-22(13-7-18)31(29,30)26-21-10-4-19(5-11-21)23(28)25-15-14-17-2-8-20(24)9-3-17/h2-13,26H,14-15H2,1H3,(H,25,28). The number of Topliss-reactive ketones (excluding diaryl/α,β-unsaturated/α-hetero) is 1. The van der Waals surface area contributed by atoms with Crippen LogP contribution in [0.5, 0.6) is 0 Å². The van der Waals surface area contributed by atoms with E-state index in [1.165, 1.54) is 67.6 Å². The number of anilines is 1. The summed E-state index contributed by atoms with van der Waals surface area (Å²) in [5.74, 6) is -0.753. The number of sulfonamides is 1. The largest absolute Gasteiger partial charge is 0.352 e. The van der Waals surface area contributed by atoms with Crippen molar-refractivity contribution in [2.45, 2.75) is 18.2 Å². The molecule has 0 atom stereocenters. The maximum absolute atomic E-state index is 12.9. The van der Waals surface area contributed by atoms with E-state index in [2.05, 4.69) is 10.0 Å². The van der Waals surface area contributed by atoms with Crippen LogP contribution in [-0.4, -0.2) is 26.7 Å². The molecule has 3 aromatic carbocycles. The molecule has 6 nitrogen and oxygen atoms in total. The molecule has 0 aliphatic rings. The number of hydrogen-bond donors (Lipinski definition) is 2. The highest BCUT2D eigenvalue weighted by molar-refractivity contribution is 7.92. The fourth-order valence-electron chi connectivity index (χ4n) is 2.85. The van der Waals surface area contributed by atoms with Gasteiger partial charge in [-0.1, -0.05) is 24.3 Å². The number of benzene rings is 3. The van der Waals surface area contributed by atoms with Crippen molar-refractivity contribution in [2.24, 2.45) is 0 Å². The summed E-state index contributed by atoms with van der Waals surface area (Å²) in [6, 6.07) is 17.7. The van der Waals surface area contributed by atoms with E-state index in [9.17, 15) is 22.4 Å². The maximum atomic E-state index is 12.9. The highest BCUT2D eigenvalue weighted by atomic mass is 32.2. The first-order valence-electron chi connectivity index (χ1n) is 9.51. The average molecular weight is 440 g/mol. The minimum absolute atomic E-state index is 0.0279. The molecule has 0 aromatic heterocycles. The van der Waals surface area contributed by atoms with Crippen LogP contribution in [0.2, 0.25) is 0 Å². The van der Waals surface area contributed by atoms with E-state index in [1.54, 1.807) is 12.1 Å². The Labute approximate surface area is 180 Å². The Morgan fingerprint density at radius 2 is 1.42 bits per heavy atom. The van der Waals surface area contributed by atoms with Gasteiger partial charge in [0, 0.05) is 23.4 Å². The van der Waals surface area contributed by atoms with Gasteiger partial charge in [-0.15, -0.1) is 0 Å². The van der Waals surface area contributed by atoms with Crippen LogP contribution in [0.3, 0.4) is 0 Å². The first-order valence-corrected chi connectivity index (χ1v) is 11.0. The van der Waals surface area contributed by atoms with Crippen molar-refractivity contribution in [1.82, 2.24) is 5.32 Å². The van der Waals surface area contributed by atoms with Gasteiger partial charge in [0.05, 0.1) is 4.90 Å². The summed E-state index contributed by atoms with van der Waals surface area (Å²) >= 11 is 0. The van der Waals surface area contributed by atoms with Gasteiger partial charge in [0.1, 0.15) is 5.82 Å². The lowest BCUT2D eigenvalue weighted by Gasteiger charge is -2.10. The summed E-state index contributed by atoms with van der Waals surface area (Å²) < 4.78 is 40.4. The lowest BCUT2D eigenvalue weighted by atomic mass is 10.1. The van der Waals surface area contributed by atoms with Gasteiger partial charge in [0.2, 0.25) is 0 Å². The monoisotopic (exact) mass is 440 g/mol. The second kappa shape index (κ2) is 9.53. The second-order valence-corrected chi connectivity index (χ2v) is 8.58. The summed E-state index contributed by atoms with van der Waals surface area (Å²) in [6.07, 6.45) is 0.562.